The maximum Gasteiger partial charge on any atom is 0.451 e. The molecule has 2 rings (SSSR count). The van der Waals surface area contributed by atoms with Gasteiger partial charge in [-0.05, 0) is 23.9 Å². The molecule has 2 aromatic rings. The molecule has 1 aromatic heterocycles. The molecule has 19 heavy (non-hydrogen) atoms. The van der Waals surface area contributed by atoms with E-state index in [2.05, 4.69) is 10.1 Å². The number of alkyl halides is 3. The van der Waals surface area contributed by atoms with E-state index in [4.69, 9.17) is 10.5 Å². The molecular formula is C10H9F3N4OS. The zero-order chi connectivity index (χ0) is 14.0. The Balaban J connectivity index is 2.24. The highest BCUT2D eigenvalue weighted by molar-refractivity contribution is 7.99. The fourth-order valence-corrected chi connectivity index (χ4v) is 2.09. The van der Waals surface area contributed by atoms with Crippen molar-refractivity contribution in [2.45, 2.75) is 16.2 Å². The summed E-state index contributed by atoms with van der Waals surface area (Å²) in [7, 11) is 1.44. The Morgan fingerprint density at radius 2 is 2.11 bits per heavy atom. The Hall–Kier alpha value is -1.90. The number of methoxy groups -OCH3 is 1. The molecule has 0 spiro atoms. The molecule has 102 valence electrons. The Bertz CT molecular complexity index is 584. The van der Waals surface area contributed by atoms with E-state index in [1.54, 1.807) is 18.2 Å². The highest BCUT2D eigenvalue weighted by atomic mass is 32.2. The standard InChI is InChI=1S/C10H9F3N4OS/c1-18-6-4-5(14)2-3-7(6)19-9-15-8(16-17-9)10(11,12)13/h2-4H,14H2,1H3,(H,15,16,17). The molecule has 0 unspecified atom stereocenters. The fourth-order valence-electron chi connectivity index (χ4n) is 1.29. The third kappa shape index (κ3) is 3.11. The number of H-pyrrole nitrogens is 1. The second kappa shape index (κ2) is 5.00. The number of rotatable bonds is 3. The van der Waals surface area contributed by atoms with Gasteiger partial charge < -0.3 is 10.5 Å². The van der Waals surface area contributed by atoms with E-state index in [-0.39, 0.29) is 5.16 Å². The van der Waals surface area contributed by atoms with Crippen molar-refractivity contribution in [2.24, 2.45) is 0 Å². The van der Waals surface area contributed by atoms with Gasteiger partial charge in [-0.3, -0.25) is 5.10 Å². The maximum atomic E-state index is 12.4. The second-order valence-corrected chi connectivity index (χ2v) is 4.49. The minimum Gasteiger partial charge on any atom is -0.495 e. The molecule has 1 heterocycles. The Kier molecular flexibility index (Phi) is 3.56. The number of nitrogens with one attached hydrogen (secondary N) is 1. The van der Waals surface area contributed by atoms with Crippen LogP contribution in [0.4, 0.5) is 18.9 Å². The van der Waals surface area contributed by atoms with Gasteiger partial charge in [0.15, 0.2) is 0 Å². The molecule has 0 saturated heterocycles. The number of aromatic nitrogens is 3. The molecule has 0 fully saturated rings. The largest absolute Gasteiger partial charge is 0.495 e. The fraction of sp³-hybridized carbons (Fsp3) is 0.200. The van der Waals surface area contributed by atoms with Crippen molar-refractivity contribution in [3.8, 4) is 5.75 Å². The van der Waals surface area contributed by atoms with Gasteiger partial charge in [-0.15, -0.1) is 5.10 Å². The van der Waals surface area contributed by atoms with Crippen molar-refractivity contribution in [2.75, 3.05) is 12.8 Å². The molecule has 0 bridgehead atoms. The van der Waals surface area contributed by atoms with E-state index in [0.29, 0.717) is 16.3 Å². The summed E-state index contributed by atoms with van der Waals surface area (Å²) in [6.45, 7) is 0. The van der Waals surface area contributed by atoms with Crippen LogP contribution in [0.2, 0.25) is 0 Å². The van der Waals surface area contributed by atoms with E-state index >= 15 is 0 Å². The number of nitrogens with zero attached hydrogens (tertiary/aromatic N) is 2. The first-order valence-corrected chi connectivity index (χ1v) is 5.83. The first-order valence-electron chi connectivity index (χ1n) is 5.01. The Labute approximate surface area is 110 Å². The maximum absolute atomic E-state index is 12.4. The van der Waals surface area contributed by atoms with Crippen LogP contribution in [0.25, 0.3) is 0 Å². The third-order valence-electron chi connectivity index (χ3n) is 2.12. The van der Waals surface area contributed by atoms with Gasteiger partial charge >= 0.3 is 6.18 Å². The van der Waals surface area contributed by atoms with E-state index in [0.717, 1.165) is 11.8 Å². The Morgan fingerprint density at radius 1 is 1.37 bits per heavy atom. The van der Waals surface area contributed by atoms with Gasteiger partial charge in [-0.1, -0.05) is 0 Å². The van der Waals surface area contributed by atoms with Crippen molar-refractivity contribution in [1.29, 1.82) is 0 Å². The normalized spacial score (nSPS) is 11.6. The van der Waals surface area contributed by atoms with Crippen LogP contribution in [0.15, 0.2) is 28.3 Å². The van der Waals surface area contributed by atoms with Crippen LogP contribution in [0.3, 0.4) is 0 Å². The predicted octanol–water partition coefficient (Wildman–Crippen LogP) is 2.57. The summed E-state index contributed by atoms with van der Waals surface area (Å²) in [6.07, 6.45) is -4.54. The number of ether oxygens (including phenoxy) is 1. The van der Waals surface area contributed by atoms with E-state index in [1.807, 2.05) is 5.10 Å². The second-order valence-electron chi connectivity index (χ2n) is 3.48. The smallest absolute Gasteiger partial charge is 0.451 e. The zero-order valence-corrected chi connectivity index (χ0v) is 10.5. The number of halogens is 3. The summed E-state index contributed by atoms with van der Waals surface area (Å²) < 4.78 is 42.1. The molecule has 0 atom stereocenters. The van der Waals surface area contributed by atoms with Gasteiger partial charge in [-0.2, -0.15) is 18.2 Å². The topological polar surface area (TPSA) is 76.8 Å². The van der Waals surface area contributed by atoms with E-state index in [1.165, 1.54) is 7.11 Å². The lowest BCUT2D eigenvalue weighted by Crippen LogP contribution is -2.07. The summed E-state index contributed by atoms with van der Waals surface area (Å²) in [5, 5.41) is 5.29. The highest BCUT2D eigenvalue weighted by Crippen LogP contribution is 2.35. The minimum atomic E-state index is -4.54. The molecule has 0 amide bonds. The number of anilines is 1. The van der Waals surface area contributed by atoms with Gasteiger partial charge in [0.2, 0.25) is 11.0 Å². The van der Waals surface area contributed by atoms with Crippen LogP contribution in [0.1, 0.15) is 5.82 Å². The van der Waals surface area contributed by atoms with Crippen molar-refractivity contribution in [3.05, 3.63) is 24.0 Å². The average Bonchev–Trinajstić information content (AvgIpc) is 2.79. The number of nitrogen functional groups attached to an aromatic ring is 1. The number of benzene rings is 1. The van der Waals surface area contributed by atoms with E-state index in [9.17, 15) is 13.2 Å². The van der Waals surface area contributed by atoms with Crippen LogP contribution < -0.4 is 10.5 Å². The van der Waals surface area contributed by atoms with Crippen molar-refractivity contribution < 1.29 is 17.9 Å². The number of nitrogens with two attached hydrogens (primary N) is 1. The number of aromatic amines is 1. The SMILES string of the molecule is COc1cc(N)ccc1Sc1n[nH]c(C(F)(F)F)n1. The molecule has 5 nitrogen and oxygen atoms in total. The molecule has 0 radical (unpaired) electrons. The van der Waals surface area contributed by atoms with Crippen molar-refractivity contribution >= 4 is 17.4 Å². The molecular weight excluding hydrogens is 281 g/mol. The van der Waals surface area contributed by atoms with Crippen molar-refractivity contribution in [1.82, 2.24) is 15.2 Å². The van der Waals surface area contributed by atoms with Crippen LogP contribution >= 0.6 is 11.8 Å². The number of hydrogen-bond donors (Lipinski definition) is 2. The first-order chi connectivity index (χ1) is 8.90. The lowest BCUT2D eigenvalue weighted by atomic mass is 10.3. The molecule has 0 saturated carbocycles. The summed E-state index contributed by atoms with van der Waals surface area (Å²) in [4.78, 5) is 3.93. The molecule has 0 aliphatic heterocycles. The van der Waals surface area contributed by atoms with Crippen LogP contribution in [-0.4, -0.2) is 22.3 Å². The first kappa shape index (κ1) is 13.5. The molecule has 9 heteroatoms. The summed E-state index contributed by atoms with van der Waals surface area (Å²) in [6, 6.07) is 4.81. The van der Waals surface area contributed by atoms with Crippen molar-refractivity contribution in [3.63, 3.8) is 0 Å². The number of hydrogen-bond acceptors (Lipinski definition) is 5. The predicted molar refractivity (Wildman–Crippen MR) is 62.9 cm³/mol. The van der Waals surface area contributed by atoms with Crippen LogP contribution in [0.5, 0.6) is 5.75 Å². The molecule has 3 N–H and O–H groups in total. The third-order valence-corrected chi connectivity index (χ3v) is 3.04. The summed E-state index contributed by atoms with van der Waals surface area (Å²) in [5.74, 6) is -0.687. The molecule has 0 aliphatic carbocycles. The Morgan fingerprint density at radius 3 is 2.68 bits per heavy atom. The minimum absolute atomic E-state index is 0.0459. The molecule has 0 aliphatic rings. The van der Waals surface area contributed by atoms with Crippen LogP contribution in [0, 0.1) is 0 Å². The average molecular weight is 290 g/mol. The highest BCUT2D eigenvalue weighted by Gasteiger charge is 2.35. The lowest BCUT2D eigenvalue weighted by Gasteiger charge is -2.06. The van der Waals surface area contributed by atoms with E-state index < -0.39 is 12.0 Å². The van der Waals surface area contributed by atoms with Crippen LogP contribution in [-0.2, 0) is 6.18 Å². The monoisotopic (exact) mass is 290 g/mol. The van der Waals surface area contributed by atoms with Gasteiger partial charge in [-0.25, -0.2) is 0 Å². The summed E-state index contributed by atoms with van der Waals surface area (Å²) in [5.41, 5.74) is 6.07. The lowest BCUT2D eigenvalue weighted by molar-refractivity contribution is -0.144. The van der Waals surface area contributed by atoms with Gasteiger partial charge in [0.25, 0.3) is 0 Å². The van der Waals surface area contributed by atoms with Gasteiger partial charge in [0.1, 0.15) is 5.75 Å². The molecule has 1 aromatic carbocycles. The summed E-state index contributed by atoms with van der Waals surface area (Å²) >= 11 is 0.950. The zero-order valence-electron chi connectivity index (χ0n) is 9.65. The van der Waals surface area contributed by atoms with Gasteiger partial charge in [0.05, 0.1) is 12.0 Å². The quantitative estimate of drug-likeness (QED) is 0.850. The van der Waals surface area contributed by atoms with Gasteiger partial charge in [0, 0.05) is 11.8 Å².